The van der Waals surface area contributed by atoms with Crippen LogP contribution in [0.5, 0.6) is 46.0 Å². The zero-order chi connectivity index (χ0) is 96.7. The molecule has 3 saturated carbocycles. The SMILES string of the molecule is CC(C)C(Oc1ccc([S+](c2ccccc2)c2ccccc2)cc1)Oc1c(I)cc(I)cc1I.Ic1cc(I)c(OC(Oc2ccc([S+](c3ccccc3)c3ccccc3)cc2)C2CC2)c(I)c1.Ic1cc(I)c(OC(Oc2ccc([S+](c3ccccc3)c3ccccc3)cc2)C2CCC2)c(I)c1.Ic1cc(I)c(OC(Oc2ccc([S+](c3ccccc3)c3ccccc3)cc2)C2CCCC2)c(I)c1. The normalized spacial score (nSPS) is 13.8. The fourth-order valence-electron chi connectivity index (χ4n) is 15.5. The molecule has 0 heterocycles. The lowest BCUT2D eigenvalue weighted by atomic mass is 9.85. The second-order valence-electron chi connectivity index (χ2n) is 33.1. The van der Waals surface area contributed by atoms with Gasteiger partial charge in [-0.15, -0.1) is 0 Å². The Bertz CT molecular complexity index is 6160. The van der Waals surface area contributed by atoms with Crippen molar-refractivity contribution in [2.24, 2.45) is 23.7 Å². The topological polar surface area (TPSA) is 73.8 Å². The van der Waals surface area contributed by atoms with Gasteiger partial charge in [-0.3, -0.25) is 0 Å². The molecule has 139 heavy (non-hydrogen) atoms. The van der Waals surface area contributed by atoms with Crippen LogP contribution < -0.4 is 37.9 Å². The molecule has 0 radical (unpaired) electrons. The molecule has 8 nitrogen and oxygen atoms in total. The average Bonchev–Trinajstić information content (AvgIpc) is 1.54. The Labute approximate surface area is 993 Å². The lowest BCUT2D eigenvalue weighted by Crippen LogP contribution is -2.37. The monoisotopic (exact) mass is 3260 g/mol. The van der Waals surface area contributed by atoms with E-state index in [4.69, 9.17) is 37.9 Å². The number of rotatable bonds is 32. The van der Waals surface area contributed by atoms with E-state index in [9.17, 15) is 0 Å². The quantitative estimate of drug-likeness (QED) is 0.0235. The Balaban J connectivity index is 0.000000134. The molecule has 0 bridgehead atoms. The van der Waals surface area contributed by atoms with E-state index in [-0.39, 0.29) is 74.7 Å². The van der Waals surface area contributed by atoms with E-state index in [1.165, 1.54) is 92.3 Å². The molecule has 0 aromatic heterocycles. The first kappa shape index (κ1) is 108. The highest BCUT2D eigenvalue weighted by molar-refractivity contribution is 14.1. The molecule has 16 aromatic rings. The molecule has 24 heteroatoms. The van der Waals surface area contributed by atoms with Crippen LogP contribution in [0.3, 0.4) is 0 Å². The van der Waals surface area contributed by atoms with Gasteiger partial charge < -0.3 is 37.9 Å². The lowest BCUT2D eigenvalue weighted by Gasteiger charge is -2.34. The number of hydrogen-bond donors (Lipinski definition) is 0. The Morgan fingerprint density at radius 2 is 0.367 bits per heavy atom. The van der Waals surface area contributed by atoms with Crippen LogP contribution in [-0.4, -0.2) is 25.2 Å². The van der Waals surface area contributed by atoms with Crippen LogP contribution in [0.4, 0.5) is 0 Å². The molecule has 19 rings (SSSR count). The standard InChI is InChI=1S/C30H26I3O2S.C29H24I3O2S.C28H22I3O2S.C28H24I3O2S/c31-22-19-27(32)29(28(33)20-22)35-30(21-9-7-8-10-21)34-23-15-17-26(18-16-23)36(24-11-3-1-4-12-24)25-13-5-2-6-14-25;30-21-18-26(31)28(27(32)19-21)34-29(20-8-7-9-20)33-22-14-16-25(17-15-22)35(23-10-3-1-4-11-23)24-12-5-2-6-13-24;29-20-17-25(30)27(26(31)18-20)33-28(19-11-12-19)32-21-13-15-24(16-14-21)34(22-7-3-1-4-8-22)23-9-5-2-6-10-23;1-19(2)28(33-27-25(30)17-20(29)18-26(27)31)32-21-13-15-24(16-14-21)34(22-9-5-3-6-10-22)23-11-7-4-8-12-23/h1-6,11-21,30H,7-10H2;1-6,10-20,29H,7-9H2;1-10,13-19,28H,11-12H2;3-19,28H,1-2H3/q4*+1. The highest BCUT2D eigenvalue weighted by Gasteiger charge is 2.39. The van der Waals surface area contributed by atoms with Crippen LogP contribution in [0.25, 0.3) is 0 Å². The summed E-state index contributed by atoms with van der Waals surface area (Å²) >= 11 is 28.2. The minimum Gasteiger partial charge on any atom is -0.455 e. The summed E-state index contributed by atoms with van der Waals surface area (Å²) < 4.78 is 65.5. The summed E-state index contributed by atoms with van der Waals surface area (Å²) in [6.45, 7) is 4.24. The molecule has 0 saturated heterocycles. The second kappa shape index (κ2) is 54.3. The van der Waals surface area contributed by atoms with Crippen molar-refractivity contribution in [1.82, 2.24) is 0 Å². The van der Waals surface area contributed by atoms with Gasteiger partial charge in [-0.05, 0) is 552 Å². The fraction of sp³-hybridized carbons (Fsp3) is 0.165. The van der Waals surface area contributed by atoms with E-state index in [0.29, 0.717) is 17.8 Å². The zero-order valence-electron chi connectivity index (χ0n) is 75.4. The molecule has 708 valence electrons. The zero-order valence-corrected chi connectivity index (χ0v) is 105. The van der Waals surface area contributed by atoms with Crippen LogP contribution in [0.15, 0.2) is 447 Å². The molecule has 16 aromatic carbocycles. The van der Waals surface area contributed by atoms with Crippen LogP contribution in [-0.2, 0) is 43.6 Å². The van der Waals surface area contributed by atoms with Crippen LogP contribution in [0.2, 0.25) is 0 Å². The van der Waals surface area contributed by atoms with Gasteiger partial charge in [0.05, 0.1) is 72.1 Å². The molecule has 4 unspecified atom stereocenters. The first-order chi connectivity index (χ1) is 67.7. The van der Waals surface area contributed by atoms with Crippen LogP contribution in [0, 0.1) is 66.5 Å². The predicted octanol–water partition coefficient (Wildman–Crippen LogP) is 36.6. The summed E-state index contributed by atoms with van der Waals surface area (Å²) in [6, 6.07) is 137. The second-order valence-corrected chi connectivity index (χ2v) is 55.5. The van der Waals surface area contributed by atoms with E-state index in [2.05, 4.69) is 673 Å². The molecule has 0 N–H and O–H groups in total. The summed E-state index contributed by atoms with van der Waals surface area (Å²) in [7, 11) is -0.667. The molecule has 0 amide bonds. The van der Waals surface area contributed by atoms with E-state index < -0.39 is 0 Å². The molecule has 3 aliphatic carbocycles. The smallest absolute Gasteiger partial charge is 0.244 e. The maximum atomic E-state index is 6.60. The van der Waals surface area contributed by atoms with E-state index in [1.54, 1.807) is 0 Å². The maximum absolute atomic E-state index is 6.60. The number of benzene rings is 16. The Kier molecular flexibility index (Phi) is 42.1. The van der Waals surface area contributed by atoms with Crippen molar-refractivity contribution >= 4 is 315 Å². The minimum atomic E-state index is -0.380. The van der Waals surface area contributed by atoms with E-state index in [1.807, 2.05) is 0 Å². The summed E-state index contributed by atoms with van der Waals surface area (Å²) in [4.78, 5) is 15.5. The Morgan fingerprint density at radius 1 is 0.194 bits per heavy atom. The summed E-state index contributed by atoms with van der Waals surface area (Å²) in [5, 5.41) is 0. The lowest BCUT2D eigenvalue weighted by molar-refractivity contribution is -0.0668. The number of ether oxygens (including phenoxy) is 8. The van der Waals surface area contributed by atoms with Crippen molar-refractivity contribution in [3.63, 3.8) is 0 Å². The van der Waals surface area contributed by atoms with Gasteiger partial charge >= 0.3 is 0 Å². The van der Waals surface area contributed by atoms with Crippen molar-refractivity contribution in [1.29, 1.82) is 0 Å². The van der Waals surface area contributed by atoms with Crippen molar-refractivity contribution in [3.8, 4) is 46.0 Å². The molecule has 0 spiro atoms. The Hall–Kier alpha value is -3.92. The van der Waals surface area contributed by atoms with Gasteiger partial charge in [0.15, 0.2) is 81.7 Å². The minimum absolute atomic E-state index is 0.161. The molecular formula is C115H96I12O8S4+4. The summed E-state index contributed by atoms with van der Waals surface area (Å²) in [6.07, 6.45) is 9.37. The average molecular weight is 3260 g/mol. The maximum Gasteiger partial charge on any atom is 0.244 e. The van der Waals surface area contributed by atoms with Crippen LogP contribution >= 0.6 is 271 Å². The summed E-state index contributed by atoms with van der Waals surface area (Å²) in [5.41, 5.74) is 0. The first-order valence-electron chi connectivity index (χ1n) is 45.4. The molecule has 0 aliphatic heterocycles. The van der Waals surface area contributed by atoms with Gasteiger partial charge in [0, 0.05) is 38.0 Å². The highest BCUT2D eigenvalue weighted by Crippen LogP contribution is 2.45. The fourth-order valence-corrected chi connectivity index (χ4v) is 39.2. The van der Waals surface area contributed by atoms with Gasteiger partial charge in [-0.25, -0.2) is 0 Å². The highest BCUT2D eigenvalue weighted by atomic mass is 127. The van der Waals surface area contributed by atoms with Crippen molar-refractivity contribution in [2.45, 2.75) is 156 Å². The number of hydrogen-bond acceptors (Lipinski definition) is 8. The van der Waals surface area contributed by atoms with Crippen molar-refractivity contribution < 1.29 is 37.9 Å². The van der Waals surface area contributed by atoms with Gasteiger partial charge in [0.2, 0.25) is 25.2 Å². The molecule has 4 atom stereocenters. The third-order valence-electron chi connectivity index (χ3n) is 22.7. The largest absolute Gasteiger partial charge is 0.455 e. The summed E-state index contributed by atoms with van der Waals surface area (Å²) in [5.74, 6) is 8.47. The predicted molar refractivity (Wildman–Crippen MR) is 671 cm³/mol. The van der Waals surface area contributed by atoms with E-state index in [0.717, 1.165) is 113 Å². The third-order valence-corrected chi connectivity index (χ3v) is 40.6. The van der Waals surface area contributed by atoms with Crippen molar-refractivity contribution in [2.75, 3.05) is 0 Å². The van der Waals surface area contributed by atoms with Crippen molar-refractivity contribution in [3.05, 3.63) is 431 Å². The number of halogens is 12. The molecular weight excluding hydrogens is 3160 g/mol. The third kappa shape index (κ3) is 30.7. The van der Waals surface area contributed by atoms with E-state index >= 15 is 0 Å². The molecule has 3 fully saturated rings. The van der Waals surface area contributed by atoms with Gasteiger partial charge in [0.1, 0.15) is 23.0 Å². The van der Waals surface area contributed by atoms with Gasteiger partial charge in [-0.1, -0.05) is 179 Å². The van der Waals surface area contributed by atoms with Crippen LogP contribution in [0.1, 0.15) is 71.6 Å². The first-order valence-corrected chi connectivity index (χ1v) is 63.2. The van der Waals surface area contributed by atoms with Gasteiger partial charge in [-0.2, -0.15) is 0 Å². The molecule has 3 aliphatic rings. The van der Waals surface area contributed by atoms with Gasteiger partial charge in [0.25, 0.3) is 0 Å². The Morgan fingerprint density at radius 3 is 0.547 bits per heavy atom.